The van der Waals surface area contributed by atoms with Gasteiger partial charge in [0.2, 0.25) is 0 Å². The molecule has 0 spiro atoms. The number of nitrogen functional groups attached to an aromatic ring is 1. The van der Waals surface area contributed by atoms with Gasteiger partial charge >= 0.3 is 5.97 Å². The third-order valence-corrected chi connectivity index (χ3v) is 2.26. The number of nitrogens with two attached hydrogens (primary N) is 1. The molecule has 0 fully saturated rings. The van der Waals surface area contributed by atoms with Gasteiger partial charge in [-0.1, -0.05) is 24.8 Å². The van der Waals surface area contributed by atoms with Crippen LogP contribution in [-0.2, 0) is 4.79 Å². The highest BCUT2D eigenvalue weighted by Crippen LogP contribution is 2.14. The summed E-state index contributed by atoms with van der Waals surface area (Å²) in [5, 5.41) is 7.27. The lowest BCUT2D eigenvalue weighted by atomic mass is 10.2. The van der Waals surface area contributed by atoms with Crippen LogP contribution in [-0.4, -0.2) is 11.8 Å². The van der Waals surface area contributed by atoms with E-state index < -0.39 is 5.97 Å². The number of carbonyl (C=O) groups excluding carboxylic acids is 1. The first-order valence-electron chi connectivity index (χ1n) is 5.70. The zero-order valence-corrected chi connectivity index (χ0v) is 10.7. The molecule has 0 heterocycles. The van der Waals surface area contributed by atoms with Gasteiger partial charge in [-0.2, -0.15) is 0 Å². The van der Waals surface area contributed by atoms with Crippen molar-refractivity contribution >= 4 is 11.8 Å². The Kier molecular flexibility index (Phi) is 5.29. The smallest absolute Gasteiger partial charge is 0.343 e. The Morgan fingerprint density at radius 2 is 2.00 bits per heavy atom. The molecule has 0 aromatic heterocycles. The number of amidine groups is 1. The van der Waals surface area contributed by atoms with E-state index in [1.165, 1.54) is 6.08 Å². The number of benzene rings is 1. The maximum atomic E-state index is 11.9. The van der Waals surface area contributed by atoms with Gasteiger partial charge in [-0.25, -0.2) is 4.79 Å². The Balaban J connectivity index is 2.84. The van der Waals surface area contributed by atoms with E-state index in [2.05, 4.69) is 6.58 Å². The lowest BCUT2D eigenvalue weighted by molar-refractivity contribution is -0.129. The monoisotopic (exact) mass is 256 g/mol. The van der Waals surface area contributed by atoms with Crippen LogP contribution in [0.3, 0.4) is 0 Å². The highest BCUT2D eigenvalue weighted by atomic mass is 16.5. The average molecular weight is 256 g/mol. The Morgan fingerprint density at radius 3 is 2.47 bits per heavy atom. The number of allylic oxidation sites excluding steroid dienone is 3. The molecular weight excluding hydrogens is 240 g/mol. The molecule has 19 heavy (non-hydrogen) atoms. The number of hydrogen-bond acceptors (Lipinski definition) is 3. The largest absolute Gasteiger partial charge is 0.423 e. The quantitative estimate of drug-likeness (QED) is 0.212. The number of nitrogens with one attached hydrogen (secondary N) is 1. The van der Waals surface area contributed by atoms with Crippen LogP contribution in [0.15, 0.2) is 60.7 Å². The van der Waals surface area contributed by atoms with Crippen molar-refractivity contribution in [2.24, 2.45) is 5.73 Å². The standard InChI is InChI=1S/C15H16N2O2/c1-3-5-12(6-4-2)15(18)19-13-9-7-11(8-10-13)14(16)17/h3-10H,1H2,2H3,(H3,16,17)/b6-4-,12-5+. The molecule has 1 aromatic carbocycles. The van der Waals surface area contributed by atoms with Crippen LogP contribution in [0.2, 0.25) is 0 Å². The normalized spacial score (nSPS) is 11.3. The van der Waals surface area contributed by atoms with Gasteiger partial charge in [0, 0.05) is 5.56 Å². The van der Waals surface area contributed by atoms with E-state index in [1.807, 2.05) is 6.92 Å². The summed E-state index contributed by atoms with van der Waals surface area (Å²) < 4.78 is 5.20. The lowest BCUT2D eigenvalue weighted by Gasteiger charge is -2.05. The zero-order valence-electron chi connectivity index (χ0n) is 10.7. The summed E-state index contributed by atoms with van der Waals surface area (Å²) in [6, 6.07) is 6.43. The van der Waals surface area contributed by atoms with E-state index >= 15 is 0 Å². The maximum absolute atomic E-state index is 11.9. The summed E-state index contributed by atoms with van der Waals surface area (Å²) in [6.45, 7) is 5.36. The Bertz CT molecular complexity index is 540. The molecule has 0 atom stereocenters. The fourth-order valence-electron chi connectivity index (χ4n) is 1.37. The fourth-order valence-corrected chi connectivity index (χ4v) is 1.37. The predicted molar refractivity (Wildman–Crippen MR) is 76.2 cm³/mol. The predicted octanol–water partition coefficient (Wildman–Crippen LogP) is 2.56. The molecule has 0 radical (unpaired) electrons. The zero-order chi connectivity index (χ0) is 14.3. The minimum absolute atomic E-state index is 0.0287. The topological polar surface area (TPSA) is 76.2 Å². The first-order valence-corrected chi connectivity index (χ1v) is 5.70. The number of ether oxygens (including phenoxy) is 1. The van der Waals surface area contributed by atoms with Crippen LogP contribution in [0.4, 0.5) is 0 Å². The summed E-state index contributed by atoms with van der Waals surface area (Å²) in [4.78, 5) is 11.9. The number of carbonyl (C=O) groups is 1. The molecule has 4 nitrogen and oxygen atoms in total. The highest BCUT2D eigenvalue weighted by molar-refractivity contribution is 5.95. The summed E-state index contributed by atoms with van der Waals surface area (Å²) >= 11 is 0. The van der Waals surface area contributed by atoms with Crippen molar-refractivity contribution in [2.75, 3.05) is 0 Å². The van der Waals surface area contributed by atoms with Gasteiger partial charge in [0.1, 0.15) is 11.6 Å². The first kappa shape index (κ1) is 14.4. The van der Waals surface area contributed by atoms with Crippen molar-refractivity contribution in [1.82, 2.24) is 0 Å². The van der Waals surface area contributed by atoms with Gasteiger partial charge in [0.25, 0.3) is 0 Å². The van der Waals surface area contributed by atoms with Crippen LogP contribution >= 0.6 is 0 Å². The van der Waals surface area contributed by atoms with Gasteiger partial charge < -0.3 is 10.5 Å². The number of esters is 1. The van der Waals surface area contributed by atoms with E-state index in [0.717, 1.165) is 0 Å². The van der Waals surface area contributed by atoms with Crippen LogP contribution in [0.25, 0.3) is 0 Å². The van der Waals surface area contributed by atoms with Crippen molar-refractivity contribution in [1.29, 1.82) is 5.41 Å². The lowest BCUT2D eigenvalue weighted by Crippen LogP contribution is -2.12. The van der Waals surface area contributed by atoms with Crippen molar-refractivity contribution < 1.29 is 9.53 Å². The molecule has 3 N–H and O–H groups in total. The van der Waals surface area contributed by atoms with E-state index in [1.54, 1.807) is 42.5 Å². The number of hydrogen-bond donors (Lipinski definition) is 2. The van der Waals surface area contributed by atoms with Crippen molar-refractivity contribution in [2.45, 2.75) is 6.92 Å². The van der Waals surface area contributed by atoms with Gasteiger partial charge in [-0.05, 0) is 37.3 Å². The average Bonchev–Trinajstić information content (AvgIpc) is 2.39. The second-order valence-electron chi connectivity index (χ2n) is 3.69. The third-order valence-electron chi connectivity index (χ3n) is 2.26. The molecular formula is C15H16N2O2. The summed E-state index contributed by atoms with van der Waals surface area (Å²) in [6.07, 6.45) is 6.49. The molecule has 0 unspecified atom stereocenters. The molecule has 0 aliphatic heterocycles. The van der Waals surface area contributed by atoms with E-state index in [4.69, 9.17) is 15.9 Å². The second kappa shape index (κ2) is 6.96. The molecule has 0 amide bonds. The Labute approximate surface area is 112 Å². The Morgan fingerprint density at radius 1 is 1.37 bits per heavy atom. The van der Waals surface area contributed by atoms with Crippen molar-refractivity contribution in [3.8, 4) is 5.75 Å². The SMILES string of the molecule is C=C/C=C(\C=C/C)C(=O)Oc1ccc(C(=N)N)cc1. The van der Waals surface area contributed by atoms with E-state index in [0.29, 0.717) is 16.9 Å². The molecule has 0 aliphatic carbocycles. The fraction of sp³-hybridized carbons (Fsp3) is 0.0667. The van der Waals surface area contributed by atoms with Crippen molar-refractivity contribution in [3.05, 3.63) is 66.3 Å². The molecule has 1 aromatic rings. The number of rotatable bonds is 5. The van der Waals surface area contributed by atoms with Crippen LogP contribution < -0.4 is 10.5 Å². The Hall–Kier alpha value is -2.62. The first-order chi connectivity index (χ1) is 9.08. The van der Waals surface area contributed by atoms with E-state index in [-0.39, 0.29) is 5.84 Å². The summed E-state index contributed by atoms with van der Waals surface area (Å²) in [7, 11) is 0. The minimum Gasteiger partial charge on any atom is -0.423 e. The maximum Gasteiger partial charge on any atom is 0.343 e. The molecule has 0 saturated carbocycles. The van der Waals surface area contributed by atoms with Crippen LogP contribution in [0.5, 0.6) is 5.75 Å². The highest BCUT2D eigenvalue weighted by Gasteiger charge is 2.08. The van der Waals surface area contributed by atoms with Gasteiger partial charge in [-0.3, -0.25) is 5.41 Å². The molecule has 0 saturated heterocycles. The molecule has 1 rings (SSSR count). The van der Waals surface area contributed by atoms with Gasteiger partial charge in [0.15, 0.2) is 0 Å². The molecule has 0 aliphatic rings. The van der Waals surface area contributed by atoms with Crippen LogP contribution in [0, 0.1) is 5.41 Å². The van der Waals surface area contributed by atoms with Gasteiger partial charge in [-0.15, -0.1) is 0 Å². The van der Waals surface area contributed by atoms with E-state index in [9.17, 15) is 4.79 Å². The molecule has 4 heteroatoms. The third kappa shape index (κ3) is 4.27. The van der Waals surface area contributed by atoms with Crippen LogP contribution in [0.1, 0.15) is 12.5 Å². The summed E-state index contributed by atoms with van der Waals surface area (Å²) in [5.41, 5.74) is 6.33. The summed E-state index contributed by atoms with van der Waals surface area (Å²) in [5.74, 6) is -0.0953. The second-order valence-corrected chi connectivity index (χ2v) is 3.69. The van der Waals surface area contributed by atoms with Gasteiger partial charge in [0.05, 0.1) is 5.57 Å². The molecule has 0 bridgehead atoms. The van der Waals surface area contributed by atoms with Crippen molar-refractivity contribution in [3.63, 3.8) is 0 Å². The molecule has 98 valence electrons. The minimum atomic E-state index is -0.464.